The van der Waals surface area contributed by atoms with Crippen molar-refractivity contribution in [1.82, 2.24) is 9.55 Å². The third-order valence-corrected chi connectivity index (χ3v) is 5.49. The number of benzene rings is 2. The molecule has 152 valence electrons. The molecule has 1 unspecified atom stereocenters. The van der Waals surface area contributed by atoms with Crippen LogP contribution in [0.5, 0.6) is 0 Å². The Kier molecular flexibility index (Phi) is 4.28. The summed E-state index contributed by atoms with van der Waals surface area (Å²) in [5.74, 6) is -7.39. The van der Waals surface area contributed by atoms with Crippen LogP contribution in [0.25, 0.3) is 5.69 Å². The monoisotopic (exact) mass is 430 g/mol. The van der Waals surface area contributed by atoms with Gasteiger partial charge in [-0.3, -0.25) is 4.57 Å². The number of hydrogen-bond donors (Lipinski definition) is 0. The van der Waals surface area contributed by atoms with E-state index in [1.165, 1.54) is 13.8 Å². The van der Waals surface area contributed by atoms with Crippen LogP contribution in [-0.2, 0) is 5.41 Å². The van der Waals surface area contributed by atoms with E-state index in [0.717, 1.165) is 22.8 Å². The molecule has 1 aromatic heterocycles. The van der Waals surface area contributed by atoms with Crippen molar-refractivity contribution in [3.05, 3.63) is 81.4 Å². The average Bonchev–Trinajstić information content (AvgIpc) is 3.02. The van der Waals surface area contributed by atoms with Gasteiger partial charge < -0.3 is 0 Å². The highest BCUT2D eigenvalue weighted by Crippen LogP contribution is 2.66. The Hall–Kier alpha value is -2.48. The zero-order valence-corrected chi connectivity index (χ0v) is 15.9. The Morgan fingerprint density at radius 1 is 0.966 bits per heavy atom. The van der Waals surface area contributed by atoms with Crippen LogP contribution in [0.15, 0.2) is 30.3 Å². The van der Waals surface area contributed by atoms with Gasteiger partial charge in [0.15, 0.2) is 5.82 Å². The molecule has 0 saturated heterocycles. The van der Waals surface area contributed by atoms with Crippen LogP contribution in [0.3, 0.4) is 0 Å². The minimum Gasteiger partial charge on any atom is -0.295 e. The van der Waals surface area contributed by atoms with Gasteiger partial charge in [0.1, 0.15) is 34.4 Å². The lowest BCUT2D eigenvalue weighted by Crippen LogP contribution is -2.25. The van der Waals surface area contributed by atoms with Crippen molar-refractivity contribution in [3.8, 4) is 5.69 Å². The van der Waals surface area contributed by atoms with E-state index in [2.05, 4.69) is 4.98 Å². The van der Waals surface area contributed by atoms with Gasteiger partial charge in [-0.1, -0.05) is 17.7 Å². The third kappa shape index (κ3) is 2.76. The third-order valence-electron chi connectivity index (χ3n) is 5.21. The number of nitrogens with zero attached hydrogens (tertiary/aromatic N) is 2. The first kappa shape index (κ1) is 19.8. The van der Waals surface area contributed by atoms with E-state index in [1.807, 2.05) is 0 Å². The lowest BCUT2D eigenvalue weighted by atomic mass is 9.89. The van der Waals surface area contributed by atoms with Crippen LogP contribution < -0.4 is 0 Å². The molecule has 1 atom stereocenters. The molecule has 29 heavy (non-hydrogen) atoms. The van der Waals surface area contributed by atoms with Gasteiger partial charge >= 0.3 is 0 Å². The van der Waals surface area contributed by atoms with Gasteiger partial charge in [-0.15, -0.1) is 0 Å². The second kappa shape index (κ2) is 6.26. The van der Waals surface area contributed by atoms with Gasteiger partial charge in [0.05, 0.1) is 16.4 Å². The molecule has 0 amide bonds. The number of rotatable bonds is 3. The van der Waals surface area contributed by atoms with Crippen LogP contribution in [-0.4, -0.2) is 15.5 Å². The van der Waals surface area contributed by atoms with Crippen molar-refractivity contribution in [1.29, 1.82) is 0 Å². The minimum absolute atomic E-state index is 0.100. The summed E-state index contributed by atoms with van der Waals surface area (Å²) in [4.78, 5) is 4.15. The summed E-state index contributed by atoms with van der Waals surface area (Å²) in [7, 11) is 0. The number of imidazole rings is 1. The Morgan fingerprint density at radius 2 is 1.59 bits per heavy atom. The maximum atomic E-state index is 14.8. The first-order valence-electron chi connectivity index (χ1n) is 8.54. The highest BCUT2D eigenvalue weighted by atomic mass is 35.5. The molecule has 0 N–H and O–H groups in total. The van der Waals surface area contributed by atoms with Crippen molar-refractivity contribution < 1.29 is 26.3 Å². The normalized spacial score (nSPS) is 20.2. The standard InChI is InChI=1S/C20H13ClF6N2/c1-9-18(19(8-20(19,26)27)13-4-3-11(22)6-15(13)24)29(10(2)28-9)17-14(21)5-12(23)7-16(17)25/h3-7H,8H2,1-2H3. The smallest absolute Gasteiger partial charge is 0.264 e. The number of alkyl halides is 2. The zero-order valence-electron chi connectivity index (χ0n) is 15.1. The lowest BCUT2D eigenvalue weighted by molar-refractivity contribution is 0.0943. The van der Waals surface area contributed by atoms with E-state index in [1.54, 1.807) is 0 Å². The van der Waals surface area contributed by atoms with Gasteiger partial charge in [-0.2, -0.15) is 0 Å². The summed E-state index contributed by atoms with van der Waals surface area (Å²) in [5.41, 5.74) is -3.08. The van der Waals surface area contributed by atoms with Crippen LogP contribution >= 0.6 is 11.6 Å². The summed E-state index contributed by atoms with van der Waals surface area (Å²) < 4.78 is 86.6. The fourth-order valence-electron chi connectivity index (χ4n) is 3.99. The van der Waals surface area contributed by atoms with Crippen molar-refractivity contribution in [3.63, 3.8) is 0 Å². The molecule has 0 bridgehead atoms. The molecule has 2 aromatic carbocycles. The molecule has 0 spiro atoms. The van der Waals surface area contributed by atoms with E-state index in [9.17, 15) is 26.3 Å². The SMILES string of the molecule is Cc1nc(C)n(-c2c(F)cc(F)cc2Cl)c1C1(c2ccc(F)cc2F)CC1(F)F. The van der Waals surface area contributed by atoms with Crippen molar-refractivity contribution in [2.24, 2.45) is 0 Å². The van der Waals surface area contributed by atoms with Gasteiger partial charge in [0.25, 0.3) is 5.92 Å². The fraction of sp³-hybridized carbons (Fsp3) is 0.250. The molecule has 4 rings (SSSR count). The first-order chi connectivity index (χ1) is 13.5. The molecule has 1 aliphatic rings. The topological polar surface area (TPSA) is 17.8 Å². The van der Waals surface area contributed by atoms with E-state index in [0.29, 0.717) is 12.1 Å². The number of hydrogen-bond acceptors (Lipinski definition) is 1. The second-order valence-corrected chi connectivity index (χ2v) is 7.46. The fourth-order valence-corrected chi connectivity index (χ4v) is 4.27. The Morgan fingerprint density at radius 3 is 2.14 bits per heavy atom. The Balaban J connectivity index is 2.06. The number of aromatic nitrogens is 2. The van der Waals surface area contributed by atoms with Gasteiger partial charge in [0, 0.05) is 24.1 Å². The predicted molar refractivity (Wildman–Crippen MR) is 94.7 cm³/mol. The van der Waals surface area contributed by atoms with Crippen molar-refractivity contribution in [2.45, 2.75) is 31.6 Å². The Bertz CT molecular complexity index is 1130. The minimum atomic E-state index is -3.40. The number of aryl methyl sites for hydroxylation is 2. The molecular weight excluding hydrogens is 418 g/mol. The molecule has 1 saturated carbocycles. The number of halogens is 7. The molecule has 1 aliphatic carbocycles. The molecule has 1 fully saturated rings. The molecule has 1 heterocycles. The highest BCUT2D eigenvalue weighted by Gasteiger charge is 2.75. The van der Waals surface area contributed by atoms with Crippen LogP contribution in [0.2, 0.25) is 5.02 Å². The zero-order chi connectivity index (χ0) is 21.3. The van der Waals surface area contributed by atoms with E-state index < -0.39 is 46.6 Å². The molecule has 0 radical (unpaired) electrons. The van der Waals surface area contributed by atoms with E-state index in [-0.39, 0.29) is 27.9 Å². The Labute approximate surface area is 166 Å². The molecule has 3 aromatic rings. The van der Waals surface area contributed by atoms with Gasteiger partial charge in [-0.25, -0.2) is 31.3 Å². The summed E-state index contributed by atoms with van der Waals surface area (Å²) in [5, 5.41) is -0.358. The van der Waals surface area contributed by atoms with Crippen LogP contribution in [0, 0.1) is 37.1 Å². The quantitative estimate of drug-likeness (QED) is 0.464. The maximum Gasteiger partial charge on any atom is 0.264 e. The summed E-state index contributed by atoms with van der Waals surface area (Å²) >= 11 is 6.02. The summed E-state index contributed by atoms with van der Waals surface area (Å²) in [6, 6.07) is 3.74. The predicted octanol–water partition coefficient (Wildman–Crippen LogP) is 6.02. The molecular formula is C20H13ClF6N2. The van der Waals surface area contributed by atoms with E-state index >= 15 is 0 Å². The second-order valence-electron chi connectivity index (χ2n) is 7.06. The van der Waals surface area contributed by atoms with Crippen LogP contribution in [0.4, 0.5) is 26.3 Å². The van der Waals surface area contributed by atoms with E-state index in [4.69, 9.17) is 11.6 Å². The highest BCUT2D eigenvalue weighted by molar-refractivity contribution is 6.32. The van der Waals surface area contributed by atoms with Crippen molar-refractivity contribution in [2.75, 3.05) is 0 Å². The largest absolute Gasteiger partial charge is 0.295 e. The summed E-state index contributed by atoms with van der Waals surface area (Å²) in [6.07, 6.45) is -0.783. The van der Waals surface area contributed by atoms with Crippen LogP contribution in [0.1, 0.15) is 29.2 Å². The average molecular weight is 431 g/mol. The van der Waals surface area contributed by atoms with Gasteiger partial charge in [0.2, 0.25) is 0 Å². The lowest BCUT2D eigenvalue weighted by Gasteiger charge is -2.22. The van der Waals surface area contributed by atoms with Gasteiger partial charge in [-0.05, 0) is 26.0 Å². The maximum absolute atomic E-state index is 14.8. The molecule has 0 aliphatic heterocycles. The first-order valence-corrected chi connectivity index (χ1v) is 8.92. The van der Waals surface area contributed by atoms with Crippen molar-refractivity contribution >= 4 is 11.6 Å². The summed E-state index contributed by atoms with van der Waals surface area (Å²) in [6.45, 7) is 2.86. The molecule has 9 heteroatoms. The molecule has 2 nitrogen and oxygen atoms in total.